The van der Waals surface area contributed by atoms with Gasteiger partial charge in [0.2, 0.25) is 0 Å². The maximum atomic E-state index is 9.83. The van der Waals surface area contributed by atoms with Gasteiger partial charge in [-0.25, -0.2) is 4.79 Å². The highest BCUT2D eigenvalue weighted by Gasteiger charge is 2.03. The fourth-order valence-corrected chi connectivity index (χ4v) is 0.565. The molecule has 1 aliphatic heterocycles. The second-order valence-electron chi connectivity index (χ2n) is 1.55. The van der Waals surface area contributed by atoms with Crippen LogP contribution < -0.4 is 5.32 Å². The second kappa shape index (κ2) is 2.50. The lowest BCUT2D eigenvalue weighted by Crippen LogP contribution is -2.29. The lowest BCUT2D eigenvalue weighted by Gasteiger charge is -2.13. The predicted octanol–water partition coefficient (Wildman–Crippen LogP) is -0.678. The Morgan fingerprint density at radius 1 is 1.75 bits per heavy atom. The maximum Gasteiger partial charge on any atom is 0.193 e. The van der Waals surface area contributed by atoms with Gasteiger partial charge in [0.05, 0.1) is 6.54 Å². The van der Waals surface area contributed by atoms with Crippen molar-refractivity contribution >= 4 is 5.94 Å². The van der Waals surface area contributed by atoms with Crippen LogP contribution in [0.4, 0.5) is 0 Å². The summed E-state index contributed by atoms with van der Waals surface area (Å²) >= 11 is 0. The number of rotatable bonds is 0. The minimum Gasteiger partial charge on any atom is -0.484 e. The summed E-state index contributed by atoms with van der Waals surface area (Å²) in [5.74, 6) is 2.07. The van der Waals surface area contributed by atoms with Gasteiger partial charge < -0.3 is 10.1 Å². The molecule has 44 valence electrons. The molecular weight excluding hydrogens is 106 g/mol. The molecule has 1 rings (SSSR count). The quantitative estimate of drug-likeness (QED) is 0.423. The number of hydrogen-bond donors (Lipinski definition) is 1. The molecule has 1 saturated heterocycles. The molecule has 0 aromatic carbocycles. The molecule has 1 N–H and O–H groups in total. The van der Waals surface area contributed by atoms with E-state index in [2.05, 4.69) is 5.32 Å². The van der Waals surface area contributed by atoms with Gasteiger partial charge in [0.15, 0.2) is 11.7 Å². The lowest BCUT2D eigenvalue weighted by atomic mass is 10.4. The number of nitrogens with one attached hydrogen (secondary N) is 1. The number of hydrogen-bond acceptors (Lipinski definition) is 3. The first-order chi connectivity index (χ1) is 3.93. The van der Waals surface area contributed by atoms with Crippen LogP contribution in [0.15, 0.2) is 5.76 Å². The van der Waals surface area contributed by atoms with Crippen LogP contribution in [-0.4, -0.2) is 25.6 Å². The molecular formula is C5H7NO2. The van der Waals surface area contributed by atoms with Crippen LogP contribution in [0.1, 0.15) is 0 Å². The molecule has 0 saturated carbocycles. The SMILES string of the molecule is O=C=C1CNCCO1. The molecule has 3 nitrogen and oxygen atoms in total. The third-order valence-electron chi connectivity index (χ3n) is 0.955. The molecule has 0 unspecified atom stereocenters. The minimum atomic E-state index is 0.385. The van der Waals surface area contributed by atoms with Crippen LogP contribution in [0.5, 0.6) is 0 Å². The molecule has 1 fully saturated rings. The van der Waals surface area contributed by atoms with Crippen molar-refractivity contribution < 1.29 is 9.53 Å². The molecule has 1 heterocycles. The largest absolute Gasteiger partial charge is 0.484 e. The molecule has 0 amide bonds. The molecule has 0 aromatic heterocycles. The predicted molar refractivity (Wildman–Crippen MR) is 28.0 cm³/mol. The number of carbonyl (C=O) groups excluding carboxylic acids is 1. The minimum absolute atomic E-state index is 0.385. The molecule has 3 heteroatoms. The van der Waals surface area contributed by atoms with Crippen LogP contribution in [0.3, 0.4) is 0 Å². The highest BCUT2D eigenvalue weighted by Crippen LogP contribution is 1.92. The van der Waals surface area contributed by atoms with Crippen LogP contribution >= 0.6 is 0 Å². The van der Waals surface area contributed by atoms with E-state index < -0.39 is 0 Å². The summed E-state index contributed by atoms with van der Waals surface area (Å²) in [6, 6.07) is 0. The maximum absolute atomic E-state index is 9.83. The van der Waals surface area contributed by atoms with Crippen molar-refractivity contribution in [2.24, 2.45) is 0 Å². The van der Waals surface area contributed by atoms with E-state index in [1.807, 2.05) is 0 Å². The Kier molecular flexibility index (Phi) is 1.67. The molecule has 0 radical (unpaired) electrons. The first kappa shape index (κ1) is 5.35. The van der Waals surface area contributed by atoms with E-state index in [0.29, 0.717) is 18.9 Å². The summed E-state index contributed by atoms with van der Waals surface area (Å²) in [4.78, 5) is 9.83. The van der Waals surface area contributed by atoms with E-state index >= 15 is 0 Å². The topological polar surface area (TPSA) is 38.3 Å². The van der Waals surface area contributed by atoms with E-state index in [9.17, 15) is 4.79 Å². The Balaban J connectivity index is 2.45. The van der Waals surface area contributed by atoms with Gasteiger partial charge in [-0.15, -0.1) is 0 Å². The third kappa shape index (κ3) is 1.09. The summed E-state index contributed by atoms with van der Waals surface area (Å²) in [6.45, 7) is 1.94. The zero-order valence-corrected chi connectivity index (χ0v) is 4.44. The molecule has 0 aromatic rings. The van der Waals surface area contributed by atoms with Crippen molar-refractivity contribution in [3.63, 3.8) is 0 Å². The summed E-state index contributed by atoms with van der Waals surface area (Å²) in [5, 5.41) is 2.96. The van der Waals surface area contributed by atoms with Crippen LogP contribution in [0.25, 0.3) is 0 Å². The zero-order chi connectivity index (χ0) is 5.82. The monoisotopic (exact) mass is 113 g/mol. The van der Waals surface area contributed by atoms with Crippen molar-refractivity contribution in [2.45, 2.75) is 0 Å². The van der Waals surface area contributed by atoms with Gasteiger partial charge in [0.1, 0.15) is 6.61 Å². The Morgan fingerprint density at radius 3 is 3.00 bits per heavy atom. The first-order valence-corrected chi connectivity index (χ1v) is 2.51. The molecule has 0 aliphatic carbocycles. The Hall–Kier alpha value is -0.790. The summed E-state index contributed by atoms with van der Waals surface area (Å²) < 4.78 is 4.86. The highest BCUT2D eigenvalue weighted by molar-refractivity contribution is 5.50. The second-order valence-corrected chi connectivity index (χ2v) is 1.55. The van der Waals surface area contributed by atoms with E-state index in [4.69, 9.17) is 4.74 Å². The van der Waals surface area contributed by atoms with E-state index in [1.165, 1.54) is 0 Å². The van der Waals surface area contributed by atoms with Crippen molar-refractivity contribution in [1.82, 2.24) is 5.32 Å². The Morgan fingerprint density at radius 2 is 2.62 bits per heavy atom. The standard InChI is InChI=1S/C5H7NO2/c7-4-5-3-6-1-2-8-5/h6H,1-3H2. The smallest absolute Gasteiger partial charge is 0.193 e. The number of morpholine rings is 1. The number of ether oxygens (including phenoxy) is 1. The van der Waals surface area contributed by atoms with Gasteiger partial charge >= 0.3 is 0 Å². The molecule has 0 spiro atoms. The summed E-state index contributed by atoms with van der Waals surface area (Å²) in [6.07, 6.45) is 0. The van der Waals surface area contributed by atoms with E-state index in [1.54, 1.807) is 5.94 Å². The van der Waals surface area contributed by atoms with Gasteiger partial charge in [-0.2, -0.15) is 0 Å². The highest BCUT2D eigenvalue weighted by atomic mass is 16.5. The van der Waals surface area contributed by atoms with Gasteiger partial charge in [-0.05, 0) is 0 Å². The van der Waals surface area contributed by atoms with Crippen molar-refractivity contribution in [1.29, 1.82) is 0 Å². The molecule has 0 bridgehead atoms. The Bertz CT molecular complexity index is 118. The molecule has 0 atom stereocenters. The van der Waals surface area contributed by atoms with Gasteiger partial charge in [0, 0.05) is 6.54 Å². The first-order valence-electron chi connectivity index (χ1n) is 2.51. The van der Waals surface area contributed by atoms with Crippen molar-refractivity contribution in [3.05, 3.63) is 5.76 Å². The van der Waals surface area contributed by atoms with Crippen LogP contribution in [0, 0.1) is 0 Å². The fourth-order valence-electron chi connectivity index (χ4n) is 0.565. The third-order valence-corrected chi connectivity index (χ3v) is 0.955. The Labute approximate surface area is 47.3 Å². The average Bonchev–Trinajstić information content (AvgIpc) is 1.90. The lowest BCUT2D eigenvalue weighted by molar-refractivity contribution is 0.181. The van der Waals surface area contributed by atoms with Crippen molar-refractivity contribution in [3.8, 4) is 0 Å². The zero-order valence-electron chi connectivity index (χ0n) is 4.44. The average molecular weight is 113 g/mol. The van der Waals surface area contributed by atoms with Crippen molar-refractivity contribution in [2.75, 3.05) is 19.7 Å². The van der Waals surface area contributed by atoms with Gasteiger partial charge in [-0.1, -0.05) is 0 Å². The van der Waals surface area contributed by atoms with Gasteiger partial charge in [0.25, 0.3) is 0 Å². The molecule has 8 heavy (non-hydrogen) atoms. The van der Waals surface area contributed by atoms with Crippen LogP contribution in [-0.2, 0) is 9.53 Å². The van der Waals surface area contributed by atoms with Gasteiger partial charge in [-0.3, -0.25) is 0 Å². The summed E-state index contributed by atoms with van der Waals surface area (Å²) in [5.41, 5.74) is 0. The van der Waals surface area contributed by atoms with E-state index in [-0.39, 0.29) is 0 Å². The summed E-state index contributed by atoms with van der Waals surface area (Å²) in [7, 11) is 0. The normalized spacial score (nSPS) is 19.2. The van der Waals surface area contributed by atoms with Crippen LogP contribution in [0.2, 0.25) is 0 Å². The molecule has 1 aliphatic rings. The fraction of sp³-hybridized carbons (Fsp3) is 0.600. The van der Waals surface area contributed by atoms with E-state index in [0.717, 1.165) is 6.54 Å².